The van der Waals surface area contributed by atoms with Crippen LogP contribution in [0.15, 0.2) is 48.5 Å². The molecule has 122 valence electrons. The molecular formula is C20H22N4. The minimum Gasteiger partial charge on any atom is -0.372 e. The van der Waals surface area contributed by atoms with E-state index in [1.54, 1.807) is 0 Å². The molecule has 0 unspecified atom stereocenters. The van der Waals surface area contributed by atoms with Gasteiger partial charge in [0.05, 0.1) is 5.52 Å². The first-order valence-electron chi connectivity index (χ1n) is 8.52. The van der Waals surface area contributed by atoms with Gasteiger partial charge in [-0.25, -0.2) is 9.97 Å². The largest absolute Gasteiger partial charge is 0.372 e. The normalized spacial score (nSPS) is 14.3. The van der Waals surface area contributed by atoms with Gasteiger partial charge in [0.1, 0.15) is 5.82 Å². The Morgan fingerprint density at radius 3 is 2.29 bits per heavy atom. The summed E-state index contributed by atoms with van der Waals surface area (Å²) in [4.78, 5) is 14.1. The van der Waals surface area contributed by atoms with Crippen molar-refractivity contribution in [3.63, 3.8) is 0 Å². The fourth-order valence-electron chi connectivity index (χ4n) is 3.33. The molecule has 1 aliphatic rings. The van der Waals surface area contributed by atoms with Crippen LogP contribution in [0.4, 0.5) is 11.5 Å². The number of rotatable bonds is 3. The molecule has 0 radical (unpaired) electrons. The molecule has 4 heteroatoms. The van der Waals surface area contributed by atoms with Crippen LogP contribution in [0.5, 0.6) is 0 Å². The van der Waals surface area contributed by atoms with Crippen LogP contribution >= 0.6 is 0 Å². The Balaban J connectivity index is 1.75. The highest BCUT2D eigenvalue weighted by molar-refractivity contribution is 5.90. The monoisotopic (exact) mass is 318 g/mol. The third-order valence-corrected chi connectivity index (χ3v) is 4.60. The van der Waals surface area contributed by atoms with Crippen LogP contribution in [-0.4, -0.2) is 37.2 Å². The minimum atomic E-state index is 0.783. The second-order valence-corrected chi connectivity index (χ2v) is 6.52. The molecule has 0 saturated carbocycles. The lowest BCUT2D eigenvalue weighted by Crippen LogP contribution is -2.17. The zero-order valence-electron chi connectivity index (χ0n) is 14.2. The van der Waals surface area contributed by atoms with E-state index < -0.39 is 0 Å². The van der Waals surface area contributed by atoms with E-state index in [2.05, 4.69) is 35.2 Å². The van der Waals surface area contributed by atoms with Crippen molar-refractivity contribution in [2.45, 2.75) is 12.8 Å². The number of fused-ring (bicyclic) bond motifs is 1. The molecule has 4 nitrogen and oxygen atoms in total. The Bertz CT molecular complexity index is 849. The minimum absolute atomic E-state index is 0.783. The second kappa shape index (κ2) is 6.11. The highest BCUT2D eigenvalue weighted by Crippen LogP contribution is 2.28. The third-order valence-electron chi connectivity index (χ3n) is 4.60. The summed E-state index contributed by atoms with van der Waals surface area (Å²) in [5.74, 6) is 1.74. The van der Waals surface area contributed by atoms with Crippen molar-refractivity contribution in [2.24, 2.45) is 0 Å². The molecule has 1 fully saturated rings. The Morgan fingerprint density at radius 2 is 1.58 bits per heavy atom. The van der Waals surface area contributed by atoms with Crippen LogP contribution in [0.1, 0.15) is 12.8 Å². The van der Waals surface area contributed by atoms with Crippen molar-refractivity contribution in [1.29, 1.82) is 0 Å². The molecule has 0 atom stereocenters. The van der Waals surface area contributed by atoms with Crippen LogP contribution in [-0.2, 0) is 0 Å². The van der Waals surface area contributed by atoms with E-state index in [1.807, 2.05) is 37.2 Å². The van der Waals surface area contributed by atoms with Crippen LogP contribution in [0.25, 0.3) is 22.3 Å². The van der Waals surface area contributed by atoms with Crippen LogP contribution < -0.4 is 9.80 Å². The molecule has 1 aliphatic heterocycles. The molecule has 0 N–H and O–H groups in total. The van der Waals surface area contributed by atoms with Crippen LogP contribution in [0, 0.1) is 0 Å². The molecule has 0 spiro atoms. The molecule has 1 saturated heterocycles. The Hall–Kier alpha value is -2.62. The van der Waals surface area contributed by atoms with Crippen LogP contribution in [0.3, 0.4) is 0 Å². The number of para-hydroxylation sites is 1. The average molecular weight is 318 g/mol. The summed E-state index contributed by atoms with van der Waals surface area (Å²) >= 11 is 0. The van der Waals surface area contributed by atoms with E-state index in [1.165, 1.54) is 18.5 Å². The lowest BCUT2D eigenvalue weighted by molar-refractivity contribution is 0.949. The van der Waals surface area contributed by atoms with Gasteiger partial charge in [0.2, 0.25) is 0 Å². The van der Waals surface area contributed by atoms with Gasteiger partial charge in [-0.15, -0.1) is 0 Å². The summed E-state index contributed by atoms with van der Waals surface area (Å²) in [6, 6.07) is 16.8. The van der Waals surface area contributed by atoms with E-state index in [9.17, 15) is 0 Å². The first-order valence-corrected chi connectivity index (χ1v) is 8.52. The first-order chi connectivity index (χ1) is 11.7. The standard InChI is InChI=1S/C20H22N4/c1-23(2)20-17-7-3-4-8-18(17)21-19(22-20)15-9-11-16(12-10-15)24-13-5-6-14-24/h3-4,7-12H,5-6,13-14H2,1-2H3. The molecular weight excluding hydrogens is 296 g/mol. The molecule has 4 rings (SSSR count). The zero-order chi connectivity index (χ0) is 16.5. The molecule has 0 bridgehead atoms. The van der Waals surface area contributed by atoms with Crippen molar-refractivity contribution in [3.8, 4) is 11.4 Å². The number of nitrogens with zero attached hydrogens (tertiary/aromatic N) is 4. The van der Waals surface area contributed by atoms with Crippen molar-refractivity contribution in [3.05, 3.63) is 48.5 Å². The summed E-state index contributed by atoms with van der Waals surface area (Å²) < 4.78 is 0. The number of hydrogen-bond donors (Lipinski definition) is 0. The lowest BCUT2D eigenvalue weighted by atomic mass is 10.1. The third kappa shape index (κ3) is 2.68. The van der Waals surface area contributed by atoms with Crippen molar-refractivity contribution in [2.75, 3.05) is 37.0 Å². The van der Waals surface area contributed by atoms with Crippen molar-refractivity contribution >= 4 is 22.4 Å². The van der Waals surface area contributed by atoms with Gasteiger partial charge in [0.25, 0.3) is 0 Å². The number of hydrogen-bond acceptors (Lipinski definition) is 4. The van der Waals surface area contributed by atoms with E-state index >= 15 is 0 Å². The van der Waals surface area contributed by atoms with Gasteiger partial charge in [0, 0.05) is 43.8 Å². The van der Waals surface area contributed by atoms with Gasteiger partial charge in [-0.05, 0) is 49.2 Å². The molecule has 0 aliphatic carbocycles. The van der Waals surface area contributed by atoms with Crippen molar-refractivity contribution in [1.82, 2.24) is 9.97 Å². The number of anilines is 2. The maximum absolute atomic E-state index is 4.80. The highest BCUT2D eigenvalue weighted by Gasteiger charge is 2.14. The first kappa shape index (κ1) is 14.9. The fraction of sp³-hybridized carbons (Fsp3) is 0.300. The van der Waals surface area contributed by atoms with Gasteiger partial charge in [-0.3, -0.25) is 0 Å². The Labute approximate surface area is 142 Å². The molecule has 0 amide bonds. The van der Waals surface area contributed by atoms with Gasteiger partial charge >= 0.3 is 0 Å². The molecule has 3 aromatic rings. The highest BCUT2D eigenvalue weighted by atomic mass is 15.2. The van der Waals surface area contributed by atoms with E-state index in [-0.39, 0.29) is 0 Å². The molecule has 24 heavy (non-hydrogen) atoms. The van der Waals surface area contributed by atoms with Gasteiger partial charge in [0.15, 0.2) is 5.82 Å². The van der Waals surface area contributed by atoms with Crippen LogP contribution in [0.2, 0.25) is 0 Å². The lowest BCUT2D eigenvalue weighted by Gasteiger charge is -2.18. The summed E-state index contributed by atoms with van der Waals surface area (Å²) in [7, 11) is 4.05. The number of benzene rings is 2. The Kier molecular flexibility index (Phi) is 3.81. The molecule has 1 aromatic heterocycles. The van der Waals surface area contributed by atoms with E-state index in [0.717, 1.165) is 41.2 Å². The summed E-state index contributed by atoms with van der Waals surface area (Å²) in [5, 5.41) is 1.08. The maximum Gasteiger partial charge on any atom is 0.162 e. The SMILES string of the molecule is CN(C)c1nc(-c2ccc(N3CCCC3)cc2)nc2ccccc12. The smallest absolute Gasteiger partial charge is 0.162 e. The van der Waals surface area contributed by atoms with Gasteiger partial charge < -0.3 is 9.80 Å². The van der Waals surface area contributed by atoms with Gasteiger partial charge in [-0.2, -0.15) is 0 Å². The predicted molar refractivity (Wildman–Crippen MR) is 101 cm³/mol. The zero-order valence-corrected chi connectivity index (χ0v) is 14.2. The summed E-state index contributed by atoms with van der Waals surface area (Å²) in [6.07, 6.45) is 2.59. The van der Waals surface area contributed by atoms with E-state index in [4.69, 9.17) is 9.97 Å². The quantitative estimate of drug-likeness (QED) is 0.731. The number of aromatic nitrogens is 2. The summed E-state index contributed by atoms with van der Waals surface area (Å²) in [6.45, 7) is 2.33. The van der Waals surface area contributed by atoms with Gasteiger partial charge in [-0.1, -0.05) is 12.1 Å². The fourth-order valence-corrected chi connectivity index (χ4v) is 3.33. The van der Waals surface area contributed by atoms with E-state index in [0.29, 0.717) is 0 Å². The molecule has 2 aromatic carbocycles. The predicted octanol–water partition coefficient (Wildman–Crippen LogP) is 3.96. The average Bonchev–Trinajstić information content (AvgIpc) is 3.15. The maximum atomic E-state index is 4.80. The van der Waals surface area contributed by atoms with Crippen molar-refractivity contribution < 1.29 is 0 Å². The molecule has 2 heterocycles. The summed E-state index contributed by atoms with van der Waals surface area (Å²) in [5.41, 5.74) is 3.34. The topological polar surface area (TPSA) is 32.3 Å². The second-order valence-electron chi connectivity index (χ2n) is 6.52. The Morgan fingerprint density at radius 1 is 0.875 bits per heavy atom.